The number of carbonyl (C=O) groups excluding carboxylic acids is 2. The van der Waals surface area contributed by atoms with Crippen LogP contribution in [0.3, 0.4) is 0 Å². The summed E-state index contributed by atoms with van der Waals surface area (Å²) in [4.78, 5) is 24.3. The van der Waals surface area contributed by atoms with Gasteiger partial charge in [-0.15, -0.1) is 0 Å². The normalized spacial score (nSPS) is 11.4. The highest BCUT2D eigenvalue weighted by Crippen LogP contribution is 2.17. The van der Waals surface area contributed by atoms with Crippen LogP contribution in [0.1, 0.15) is 58.9 Å². The lowest BCUT2D eigenvalue weighted by atomic mass is 9.97. The van der Waals surface area contributed by atoms with Crippen LogP contribution < -0.4 is 10.6 Å². The first kappa shape index (κ1) is 21.2. The van der Waals surface area contributed by atoms with Crippen molar-refractivity contribution in [1.29, 1.82) is 0 Å². The van der Waals surface area contributed by atoms with Crippen molar-refractivity contribution in [3.63, 3.8) is 0 Å². The Kier molecular flexibility index (Phi) is 8.62. The Labute approximate surface area is 151 Å². The molecule has 0 heterocycles. The van der Waals surface area contributed by atoms with E-state index in [1.165, 1.54) is 0 Å². The van der Waals surface area contributed by atoms with E-state index in [4.69, 9.17) is 0 Å². The third-order valence-corrected chi connectivity index (χ3v) is 4.10. The van der Waals surface area contributed by atoms with Gasteiger partial charge in [0.05, 0.1) is 18.6 Å². The first-order chi connectivity index (χ1) is 11.8. The molecule has 0 aliphatic carbocycles. The molecule has 140 valence electrons. The van der Waals surface area contributed by atoms with Gasteiger partial charge in [0, 0.05) is 11.6 Å². The molecule has 0 unspecified atom stereocenters. The van der Waals surface area contributed by atoms with Crippen LogP contribution in [0.5, 0.6) is 0 Å². The van der Waals surface area contributed by atoms with E-state index in [0.717, 1.165) is 36.9 Å². The highest BCUT2D eigenvalue weighted by atomic mass is 16.3. The van der Waals surface area contributed by atoms with Crippen molar-refractivity contribution >= 4 is 17.5 Å². The SMILES string of the molecule is CCCC(CCC)C(=O)Nc1ccc(CC(=O)NC(C)(C)CO)cc1. The molecular formula is C20H32N2O3. The van der Waals surface area contributed by atoms with Gasteiger partial charge in [-0.3, -0.25) is 9.59 Å². The zero-order chi connectivity index (χ0) is 18.9. The summed E-state index contributed by atoms with van der Waals surface area (Å²) < 4.78 is 0. The summed E-state index contributed by atoms with van der Waals surface area (Å²) in [5.41, 5.74) is 0.989. The minimum Gasteiger partial charge on any atom is -0.394 e. The van der Waals surface area contributed by atoms with Gasteiger partial charge in [0.1, 0.15) is 0 Å². The van der Waals surface area contributed by atoms with Gasteiger partial charge in [0.2, 0.25) is 11.8 Å². The number of anilines is 1. The molecule has 2 amide bonds. The number of hydrogen-bond acceptors (Lipinski definition) is 3. The van der Waals surface area contributed by atoms with Crippen LogP contribution in [0.4, 0.5) is 5.69 Å². The zero-order valence-corrected chi connectivity index (χ0v) is 15.9. The topological polar surface area (TPSA) is 78.4 Å². The number of nitrogens with one attached hydrogen (secondary N) is 2. The molecule has 0 saturated heterocycles. The van der Waals surface area contributed by atoms with E-state index in [1.54, 1.807) is 13.8 Å². The lowest BCUT2D eigenvalue weighted by Gasteiger charge is -2.23. The highest BCUT2D eigenvalue weighted by molar-refractivity contribution is 5.92. The van der Waals surface area contributed by atoms with Crippen LogP contribution >= 0.6 is 0 Å². The third-order valence-electron chi connectivity index (χ3n) is 4.10. The van der Waals surface area contributed by atoms with Crippen molar-refractivity contribution in [2.45, 2.75) is 65.3 Å². The molecule has 0 aromatic heterocycles. The molecule has 1 rings (SSSR count). The van der Waals surface area contributed by atoms with Gasteiger partial charge in [0.25, 0.3) is 0 Å². The molecular weight excluding hydrogens is 316 g/mol. The minimum absolute atomic E-state index is 0.0566. The van der Waals surface area contributed by atoms with Crippen LogP contribution in [0.25, 0.3) is 0 Å². The number of aliphatic hydroxyl groups is 1. The average Bonchev–Trinajstić information content (AvgIpc) is 2.56. The molecule has 0 fully saturated rings. The van der Waals surface area contributed by atoms with E-state index in [1.807, 2.05) is 24.3 Å². The van der Waals surface area contributed by atoms with Gasteiger partial charge in [-0.1, -0.05) is 38.8 Å². The van der Waals surface area contributed by atoms with E-state index in [0.29, 0.717) is 0 Å². The van der Waals surface area contributed by atoms with Crippen LogP contribution in [-0.2, 0) is 16.0 Å². The van der Waals surface area contributed by atoms with E-state index < -0.39 is 5.54 Å². The van der Waals surface area contributed by atoms with E-state index >= 15 is 0 Å². The molecule has 0 atom stereocenters. The fourth-order valence-electron chi connectivity index (χ4n) is 2.70. The third kappa shape index (κ3) is 7.69. The molecule has 1 aromatic rings. The van der Waals surface area contributed by atoms with Crippen LogP contribution in [0.2, 0.25) is 0 Å². The van der Waals surface area contributed by atoms with Gasteiger partial charge in [0.15, 0.2) is 0 Å². The maximum Gasteiger partial charge on any atom is 0.227 e. The van der Waals surface area contributed by atoms with Gasteiger partial charge in [-0.25, -0.2) is 0 Å². The maximum absolute atomic E-state index is 12.3. The number of hydrogen-bond donors (Lipinski definition) is 3. The zero-order valence-electron chi connectivity index (χ0n) is 15.9. The summed E-state index contributed by atoms with van der Waals surface area (Å²) in [7, 11) is 0. The van der Waals surface area contributed by atoms with E-state index in [-0.39, 0.29) is 30.8 Å². The summed E-state index contributed by atoms with van der Waals surface area (Å²) in [6.07, 6.45) is 4.04. The summed E-state index contributed by atoms with van der Waals surface area (Å²) in [6.45, 7) is 7.61. The highest BCUT2D eigenvalue weighted by Gasteiger charge is 2.19. The second kappa shape index (κ2) is 10.2. The standard InChI is InChI=1S/C20H32N2O3/c1-5-7-16(8-6-2)19(25)21-17-11-9-15(10-12-17)13-18(24)22-20(3,4)14-23/h9-12,16,23H,5-8,13-14H2,1-4H3,(H,21,25)(H,22,24). The Morgan fingerprint density at radius 1 is 1.08 bits per heavy atom. The Bertz CT molecular complexity index is 547. The Balaban J connectivity index is 2.61. The van der Waals surface area contributed by atoms with Gasteiger partial charge >= 0.3 is 0 Å². The summed E-state index contributed by atoms with van der Waals surface area (Å²) in [5, 5.41) is 14.9. The average molecular weight is 348 g/mol. The second-order valence-electron chi connectivity index (χ2n) is 7.23. The fraction of sp³-hybridized carbons (Fsp3) is 0.600. The number of carbonyl (C=O) groups is 2. The quantitative estimate of drug-likeness (QED) is 0.607. The molecule has 0 saturated carbocycles. The Morgan fingerprint density at radius 3 is 2.12 bits per heavy atom. The van der Waals surface area contributed by atoms with E-state index in [9.17, 15) is 14.7 Å². The fourth-order valence-corrected chi connectivity index (χ4v) is 2.70. The smallest absolute Gasteiger partial charge is 0.227 e. The maximum atomic E-state index is 12.3. The van der Waals surface area contributed by atoms with Crippen molar-refractivity contribution in [2.24, 2.45) is 5.92 Å². The van der Waals surface area contributed by atoms with Crippen molar-refractivity contribution in [1.82, 2.24) is 5.32 Å². The van der Waals surface area contributed by atoms with Crippen molar-refractivity contribution < 1.29 is 14.7 Å². The minimum atomic E-state index is -0.626. The van der Waals surface area contributed by atoms with E-state index in [2.05, 4.69) is 24.5 Å². The molecule has 5 heteroatoms. The largest absolute Gasteiger partial charge is 0.394 e. The molecule has 5 nitrogen and oxygen atoms in total. The van der Waals surface area contributed by atoms with Crippen LogP contribution in [0, 0.1) is 5.92 Å². The number of benzene rings is 1. The summed E-state index contributed by atoms with van der Waals surface area (Å²) >= 11 is 0. The first-order valence-corrected chi connectivity index (χ1v) is 9.13. The van der Waals surface area contributed by atoms with Crippen molar-refractivity contribution in [2.75, 3.05) is 11.9 Å². The Morgan fingerprint density at radius 2 is 1.64 bits per heavy atom. The van der Waals surface area contributed by atoms with Crippen molar-refractivity contribution in [3.8, 4) is 0 Å². The van der Waals surface area contributed by atoms with Crippen LogP contribution in [0.15, 0.2) is 24.3 Å². The summed E-state index contributed by atoms with van der Waals surface area (Å²) in [5.74, 6) is -0.0122. The van der Waals surface area contributed by atoms with Gasteiger partial charge < -0.3 is 15.7 Å². The summed E-state index contributed by atoms with van der Waals surface area (Å²) in [6, 6.07) is 7.34. The Hall–Kier alpha value is -1.88. The van der Waals surface area contributed by atoms with Crippen LogP contribution in [-0.4, -0.2) is 29.1 Å². The monoisotopic (exact) mass is 348 g/mol. The van der Waals surface area contributed by atoms with Crippen molar-refractivity contribution in [3.05, 3.63) is 29.8 Å². The molecule has 1 aromatic carbocycles. The molecule has 0 bridgehead atoms. The number of rotatable bonds is 10. The number of aliphatic hydroxyl groups excluding tert-OH is 1. The molecule has 0 aliphatic rings. The number of amides is 2. The first-order valence-electron chi connectivity index (χ1n) is 9.13. The molecule has 3 N–H and O–H groups in total. The molecule has 0 spiro atoms. The molecule has 0 aliphatic heterocycles. The predicted molar refractivity (Wildman–Crippen MR) is 101 cm³/mol. The lowest BCUT2D eigenvalue weighted by molar-refractivity contribution is -0.122. The lowest BCUT2D eigenvalue weighted by Crippen LogP contribution is -2.46. The second-order valence-corrected chi connectivity index (χ2v) is 7.23. The molecule has 25 heavy (non-hydrogen) atoms. The van der Waals surface area contributed by atoms with Gasteiger partial charge in [-0.2, -0.15) is 0 Å². The van der Waals surface area contributed by atoms with Gasteiger partial charge in [-0.05, 0) is 44.4 Å². The molecule has 0 radical (unpaired) electrons. The predicted octanol–water partition coefficient (Wildman–Crippen LogP) is 3.27.